The molecule has 0 bridgehead atoms. The molecule has 2 saturated carbocycles. The highest BCUT2D eigenvalue weighted by Crippen LogP contribution is 2.46. The number of terminal acetylenes is 1. The van der Waals surface area contributed by atoms with E-state index in [0.717, 1.165) is 6.42 Å². The Morgan fingerprint density at radius 2 is 1.93 bits per heavy atom. The Morgan fingerprint density at radius 1 is 1.11 bits per heavy atom. The molecule has 4 amide bonds. The Morgan fingerprint density at radius 3 is 2.73 bits per heavy atom. The van der Waals surface area contributed by atoms with E-state index in [-0.39, 0.29) is 43.7 Å². The number of allylic oxidation sites excluding steroid dienone is 1. The number of ether oxygens (including phenoxy) is 2. The standard InChI is InChI=1S/C40H40FN5O9S/c1-2-18-53-39(50)43-30-12-7-5-3-4-6-10-23-21-40(23,38(49)45-56(51,52)26-15-16-26)44-36(47)31-20-25(22-46(31)37(30)48)54-34-28-19-24(41)14-17-29(28)42-33-27-11-8-9-13-32(27)55-35(33)34/h1,6,8-11,13-14,17,19,23,25-26,30-31H,3-5,7,12,15-16,18,20-22H2,(H,43,50)(H,44,47)(H,45,49)/t23-,25-,30+,31+,40-/m1/s1. The molecule has 2 aromatic heterocycles. The smallest absolute Gasteiger partial charge is 0.408 e. The third kappa shape index (κ3) is 7.23. The summed E-state index contributed by atoms with van der Waals surface area (Å²) in [4.78, 5) is 61.5. The molecule has 3 fully saturated rings. The van der Waals surface area contributed by atoms with Gasteiger partial charge < -0.3 is 29.4 Å². The van der Waals surface area contributed by atoms with E-state index in [1.807, 2.05) is 24.3 Å². The van der Waals surface area contributed by atoms with Crippen LogP contribution in [0.15, 0.2) is 59.0 Å². The van der Waals surface area contributed by atoms with Crippen LogP contribution < -0.4 is 20.1 Å². The van der Waals surface area contributed by atoms with Crippen molar-refractivity contribution in [1.82, 2.24) is 25.2 Å². The molecule has 0 radical (unpaired) electrons. The molecular weight excluding hydrogens is 746 g/mol. The Kier molecular flexibility index (Phi) is 9.81. The third-order valence-corrected chi connectivity index (χ3v) is 12.7. The van der Waals surface area contributed by atoms with E-state index in [9.17, 15) is 32.0 Å². The zero-order chi connectivity index (χ0) is 39.2. The highest BCUT2D eigenvalue weighted by atomic mass is 32.2. The number of pyridine rings is 1. The molecule has 16 heteroatoms. The van der Waals surface area contributed by atoms with Gasteiger partial charge in [-0.3, -0.25) is 19.1 Å². The second-order valence-corrected chi connectivity index (χ2v) is 16.8. The number of alkyl carbamates (subject to hydrolysis) is 1. The zero-order valence-corrected chi connectivity index (χ0v) is 31.1. The lowest BCUT2D eigenvalue weighted by molar-refractivity contribution is -0.141. The van der Waals surface area contributed by atoms with E-state index in [1.54, 1.807) is 12.1 Å². The van der Waals surface area contributed by atoms with Crippen LogP contribution in [-0.2, 0) is 29.1 Å². The molecule has 292 valence electrons. The van der Waals surface area contributed by atoms with Gasteiger partial charge in [0.2, 0.25) is 21.8 Å². The number of rotatable bonds is 7. The van der Waals surface area contributed by atoms with E-state index in [2.05, 4.69) is 21.3 Å². The maximum Gasteiger partial charge on any atom is 0.408 e. The fourth-order valence-electron chi connectivity index (χ4n) is 7.75. The number of amides is 4. The molecule has 8 rings (SSSR count). The van der Waals surface area contributed by atoms with Gasteiger partial charge in [-0.25, -0.2) is 22.6 Å². The fraction of sp³-hybridized carbons (Fsp3) is 0.425. The predicted molar refractivity (Wildman–Crippen MR) is 202 cm³/mol. The van der Waals surface area contributed by atoms with Crippen molar-refractivity contribution in [2.24, 2.45) is 5.92 Å². The SMILES string of the molecule is C#CCOC(=O)N[C@H]1CCCCCC=C[C@@H]2C[C@@]2(C(=O)NS(=O)(=O)C2CC2)NC(=O)[C@@H]2C[C@@H](Oc3c4cc(F)ccc4nc4c3oc3ccccc34)CN2C1=O. The van der Waals surface area contributed by atoms with Gasteiger partial charge in [-0.05, 0) is 68.9 Å². The van der Waals surface area contributed by atoms with Crippen LogP contribution >= 0.6 is 0 Å². The Hall–Kier alpha value is -5.69. The minimum Gasteiger partial charge on any atom is -0.484 e. The van der Waals surface area contributed by atoms with Crippen molar-refractivity contribution in [3.05, 3.63) is 60.4 Å². The summed E-state index contributed by atoms with van der Waals surface area (Å²) in [6.07, 6.45) is 11.1. The highest BCUT2D eigenvalue weighted by molar-refractivity contribution is 7.91. The van der Waals surface area contributed by atoms with Gasteiger partial charge in [0.05, 0.1) is 17.3 Å². The molecule has 4 aliphatic rings. The summed E-state index contributed by atoms with van der Waals surface area (Å²) in [7, 11) is -3.94. The minimum absolute atomic E-state index is 0.0781. The van der Waals surface area contributed by atoms with Crippen molar-refractivity contribution in [1.29, 1.82) is 0 Å². The first kappa shape index (κ1) is 37.2. The number of nitrogens with one attached hydrogen (secondary N) is 3. The Bertz CT molecular complexity index is 2440. The molecule has 14 nitrogen and oxygen atoms in total. The maximum absolute atomic E-state index is 14.8. The van der Waals surface area contributed by atoms with E-state index in [1.165, 1.54) is 23.1 Å². The summed E-state index contributed by atoms with van der Waals surface area (Å²) in [6.45, 7) is -0.462. The van der Waals surface area contributed by atoms with Crippen LogP contribution in [0.25, 0.3) is 33.0 Å². The van der Waals surface area contributed by atoms with Gasteiger partial charge in [0.1, 0.15) is 40.6 Å². The van der Waals surface area contributed by atoms with Crippen LogP contribution in [0.3, 0.4) is 0 Å². The molecule has 5 atom stereocenters. The van der Waals surface area contributed by atoms with E-state index in [4.69, 9.17) is 25.3 Å². The van der Waals surface area contributed by atoms with Gasteiger partial charge in [-0.1, -0.05) is 43.0 Å². The van der Waals surface area contributed by atoms with Crippen LogP contribution in [0.5, 0.6) is 5.75 Å². The van der Waals surface area contributed by atoms with E-state index >= 15 is 0 Å². The average Bonchev–Trinajstić information content (AvgIpc) is 4.08. The van der Waals surface area contributed by atoms with Gasteiger partial charge in [-0.2, -0.15) is 0 Å². The Balaban J connectivity index is 1.16. The number of hydrogen-bond acceptors (Lipinski definition) is 10. The van der Waals surface area contributed by atoms with Gasteiger partial charge >= 0.3 is 6.09 Å². The fourth-order valence-corrected chi connectivity index (χ4v) is 9.11. The van der Waals surface area contributed by atoms with Crippen LogP contribution in [0.1, 0.15) is 57.8 Å². The van der Waals surface area contributed by atoms with Gasteiger partial charge in [0.15, 0.2) is 17.9 Å². The van der Waals surface area contributed by atoms with E-state index in [0.29, 0.717) is 59.5 Å². The van der Waals surface area contributed by atoms with Crippen LogP contribution in [0.2, 0.25) is 0 Å². The topological polar surface area (TPSA) is 186 Å². The lowest BCUT2D eigenvalue weighted by atomic mass is 10.1. The lowest BCUT2D eigenvalue weighted by Gasteiger charge is -2.29. The first-order valence-corrected chi connectivity index (χ1v) is 20.3. The molecular formula is C40H40FN5O9S. The van der Waals surface area contributed by atoms with Gasteiger partial charge in [-0.15, -0.1) is 6.42 Å². The van der Waals surface area contributed by atoms with Crippen molar-refractivity contribution in [2.75, 3.05) is 13.2 Å². The van der Waals surface area contributed by atoms with Gasteiger partial charge in [0, 0.05) is 23.1 Å². The molecule has 2 aromatic carbocycles. The number of hydrogen-bond donors (Lipinski definition) is 3. The van der Waals surface area contributed by atoms with Crippen molar-refractivity contribution < 1.29 is 45.9 Å². The Labute approximate surface area is 321 Å². The molecule has 4 aromatic rings. The summed E-state index contributed by atoms with van der Waals surface area (Å²) in [5, 5.41) is 5.80. The minimum atomic E-state index is -3.94. The third-order valence-electron chi connectivity index (χ3n) is 10.9. The number of nitrogens with zero attached hydrogens (tertiary/aromatic N) is 2. The highest BCUT2D eigenvalue weighted by Gasteiger charge is 2.62. The largest absolute Gasteiger partial charge is 0.484 e. The molecule has 0 unspecified atom stereocenters. The number of furan rings is 1. The first-order valence-electron chi connectivity index (χ1n) is 18.8. The predicted octanol–water partition coefficient (Wildman–Crippen LogP) is 4.35. The second kappa shape index (κ2) is 14.8. The number of aromatic nitrogens is 1. The summed E-state index contributed by atoms with van der Waals surface area (Å²) in [5.41, 5.74) is 0.113. The number of sulfonamides is 1. The number of carbonyl (C=O) groups excluding carboxylic acids is 4. The summed E-state index contributed by atoms with van der Waals surface area (Å²) >= 11 is 0. The van der Waals surface area contributed by atoms with Crippen LogP contribution in [-0.4, -0.2) is 84.2 Å². The summed E-state index contributed by atoms with van der Waals surface area (Å²) in [6, 6.07) is 9.00. The molecule has 2 aliphatic heterocycles. The quantitative estimate of drug-likeness (QED) is 0.180. The average molecular weight is 786 g/mol. The van der Waals surface area contributed by atoms with Crippen molar-refractivity contribution >= 4 is 66.8 Å². The summed E-state index contributed by atoms with van der Waals surface area (Å²) in [5.74, 6) is -0.781. The molecule has 4 heterocycles. The number of carbonyl (C=O) groups is 4. The normalized spacial score (nSPS) is 25.7. The lowest BCUT2D eigenvalue weighted by Crippen LogP contribution is -2.58. The van der Waals surface area contributed by atoms with Crippen LogP contribution in [0.4, 0.5) is 9.18 Å². The molecule has 3 N–H and O–H groups in total. The number of halogens is 1. The van der Waals surface area contributed by atoms with E-state index < -0.39 is 74.5 Å². The van der Waals surface area contributed by atoms with Crippen molar-refractivity contribution in [2.45, 2.75) is 86.8 Å². The van der Waals surface area contributed by atoms with Crippen molar-refractivity contribution in [3.8, 4) is 18.1 Å². The number of benzene rings is 2. The van der Waals surface area contributed by atoms with Gasteiger partial charge in [0.25, 0.3) is 5.91 Å². The number of fused-ring (bicyclic) bond motifs is 6. The molecule has 1 saturated heterocycles. The molecule has 56 heavy (non-hydrogen) atoms. The molecule has 2 aliphatic carbocycles. The maximum atomic E-state index is 14.8. The second-order valence-electron chi connectivity index (χ2n) is 14.9. The first-order chi connectivity index (χ1) is 27.0. The zero-order valence-electron chi connectivity index (χ0n) is 30.3. The monoisotopic (exact) mass is 785 g/mol. The molecule has 0 spiro atoms. The van der Waals surface area contributed by atoms with Crippen molar-refractivity contribution in [3.63, 3.8) is 0 Å². The summed E-state index contributed by atoms with van der Waals surface area (Å²) < 4.78 is 60.5. The number of para-hydroxylation sites is 1. The van der Waals surface area contributed by atoms with Crippen LogP contribution in [0, 0.1) is 24.1 Å².